The molecule has 0 aromatic heterocycles. The van der Waals surface area contributed by atoms with Gasteiger partial charge in [-0.15, -0.1) is 0 Å². The summed E-state index contributed by atoms with van der Waals surface area (Å²) in [5.41, 5.74) is 2.78. The highest BCUT2D eigenvalue weighted by Gasteiger charge is 2.23. The van der Waals surface area contributed by atoms with E-state index in [9.17, 15) is 4.79 Å². The molecule has 2 rings (SSSR count). The maximum atomic E-state index is 11.9. The van der Waals surface area contributed by atoms with Crippen molar-refractivity contribution in [2.75, 3.05) is 0 Å². The average Bonchev–Trinajstić information content (AvgIpc) is 2.90. The van der Waals surface area contributed by atoms with E-state index in [2.05, 4.69) is 23.1 Å². The number of esters is 1. The molecule has 90 valence electrons. The van der Waals surface area contributed by atoms with Crippen LogP contribution in [-0.4, -0.2) is 17.4 Å². The Kier molecular flexibility index (Phi) is 3.19. The maximum Gasteiger partial charge on any atom is 0.347 e. The summed E-state index contributed by atoms with van der Waals surface area (Å²) in [5.74, 6) is -0.527. The Balaban J connectivity index is 2.49. The van der Waals surface area contributed by atoms with Gasteiger partial charge in [0.1, 0.15) is 5.57 Å². The first kappa shape index (κ1) is 12.0. The smallest absolute Gasteiger partial charge is 0.347 e. The highest BCUT2D eigenvalue weighted by Crippen LogP contribution is 2.21. The minimum atomic E-state index is -0.527. The Labute approximate surface area is 105 Å². The van der Waals surface area contributed by atoms with Crippen LogP contribution < -0.4 is 0 Å². The Bertz CT molecular complexity index is 587. The number of hydrogen-bond acceptors (Lipinski definition) is 4. The van der Waals surface area contributed by atoms with Crippen molar-refractivity contribution in [1.82, 2.24) is 0 Å². The van der Waals surface area contributed by atoms with Crippen molar-refractivity contribution >= 4 is 17.4 Å². The Morgan fingerprint density at radius 1 is 1.28 bits per heavy atom. The van der Waals surface area contributed by atoms with Gasteiger partial charge in [-0.25, -0.2) is 9.79 Å². The number of carbonyl (C=O) groups excluding carboxylic acids is 1. The number of ether oxygens (including phenoxy) is 1. The van der Waals surface area contributed by atoms with Gasteiger partial charge < -0.3 is 4.74 Å². The fraction of sp³-hybridized carbons (Fsp3) is 0.0714. The molecule has 0 saturated carbocycles. The molecular weight excluding hydrogens is 228 g/mol. The normalized spacial score (nSPS) is 19.7. The van der Waals surface area contributed by atoms with Crippen molar-refractivity contribution in [1.29, 1.82) is 0 Å². The first-order valence-electron chi connectivity index (χ1n) is 5.37. The third-order valence-electron chi connectivity index (χ3n) is 2.38. The van der Waals surface area contributed by atoms with Crippen LogP contribution in [0.1, 0.15) is 6.92 Å². The van der Waals surface area contributed by atoms with Crippen LogP contribution in [0.5, 0.6) is 0 Å². The third kappa shape index (κ3) is 2.27. The molecule has 0 radical (unpaired) electrons. The van der Waals surface area contributed by atoms with Crippen molar-refractivity contribution in [3.63, 3.8) is 0 Å². The summed E-state index contributed by atoms with van der Waals surface area (Å²) >= 11 is 0. The van der Waals surface area contributed by atoms with Crippen molar-refractivity contribution in [3.05, 3.63) is 60.7 Å². The fourth-order valence-corrected chi connectivity index (χ4v) is 1.62. The van der Waals surface area contributed by atoms with Gasteiger partial charge in [0.15, 0.2) is 0 Å². The van der Waals surface area contributed by atoms with Crippen LogP contribution in [0.2, 0.25) is 0 Å². The monoisotopic (exact) mass is 240 g/mol. The van der Waals surface area contributed by atoms with E-state index in [-0.39, 0.29) is 0 Å². The number of allylic oxidation sites excluding steroid dienone is 4. The van der Waals surface area contributed by atoms with Crippen LogP contribution in [0.15, 0.2) is 70.7 Å². The van der Waals surface area contributed by atoms with Crippen LogP contribution >= 0.6 is 0 Å². The lowest BCUT2D eigenvalue weighted by Gasteiger charge is -2.05. The van der Waals surface area contributed by atoms with E-state index in [4.69, 9.17) is 4.74 Å². The lowest BCUT2D eigenvalue weighted by molar-refractivity contribution is -0.133. The Hall–Kier alpha value is -2.49. The van der Waals surface area contributed by atoms with E-state index in [0.29, 0.717) is 22.7 Å². The first-order chi connectivity index (χ1) is 8.61. The molecule has 0 atom stereocenters. The van der Waals surface area contributed by atoms with Crippen molar-refractivity contribution in [2.24, 2.45) is 9.98 Å². The molecule has 18 heavy (non-hydrogen) atoms. The highest BCUT2D eigenvalue weighted by molar-refractivity contribution is 6.27. The average molecular weight is 240 g/mol. The molecule has 0 aromatic rings. The van der Waals surface area contributed by atoms with Crippen molar-refractivity contribution in [3.8, 4) is 0 Å². The summed E-state index contributed by atoms with van der Waals surface area (Å²) in [6, 6.07) is 0. The van der Waals surface area contributed by atoms with E-state index >= 15 is 0 Å². The van der Waals surface area contributed by atoms with E-state index in [0.717, 1.165) is 12.0 Å². The maximum absolute atomic E-state index is 11.9. The van der Waals surface area contributed by atoms with Gasteiger partial charge >= 0.3 is 5.97 Å². The van der Waals surface area contributed by atoms with Crippen LogP contribution in [-0.2, 0) is 9.53 Å². The quantitative estimate of drug-likeness (QED) is 0.432. The number of rotatable bonds is 3. The molecule has 0 aliphatic carbocycles. The molecule has 0 bridgehead atoms. The summed E-state index contributed by atoms with van der Waals surface area (Å²) in [7, 11) is 0. The Morgan fingerprint density at radius 3 is 2.56 bits per heavy atom. The molecule has 4 heteroatoms. The van der Waals surface area contributed by atoms with Gasteiger partial charge in [0, 0.05) is 5.71 Å². The second kappa shape index (κ2) is 4.79. The summed E-state index contributed by atoms with van der Waals surface area (Å²) in [5, 5.41) is 0. The van der Waals surface area contributed by atoms with Crippen molar-refractivity contribution in [2.45, 2.75) is 6.92 Å². The van der Waals surface area contributed by atoms with Crippen LogP contribution in [0.3, 0.4) is 0 Å². The van der Waals surface area contributed by atoms with Crippen LogP contribution in [0.25, 0.3) is 0 Å². The molecule has 2 heterocycles. The largest absolute Gasteiger partial charge is 0.431 e. The molecule has 0 N–H and O–H groups in total. The molecule has 2 aliphatic rings. The number of hydrogen-bond donors (Lipinski definition) is 0. The molecule has 0 aromatic carbocycles. The molecule has 0 amide bonds. The lowest BCUT2D eigenvalue weighted by atomic mass is 10.1. The summed E-state index contributed by atoms with van der Waals surface area (Å²) in [4.78, 5) is 20.4. The van der Waals surface area contributed by atoms with Crippen LogP contribution in [0.4, 0.5) is 0 Å². The van der Waals surface area contributed by atoms with Gasteiger partial charge in [-0.1, -0.05) is 13.2 Å². The van der Waals surface area contributed by atoms with E-state index < -0.39 is 5.97 Å². The summed E-state index contributed by atoms with van der Waals surface area (Å²) in [6.45, 7) is 8.93. The zero-order valence-corrected chi connectivity index (χ0v) is 10.0. The van der Waals surface area contributed by atoms with E-state index in [1.165, 1.54) is 0 Å². The number of aliphatic imine (C=N–C) groups is 2. The lowest BCUT2D eigenvalue weighted by Crippen LogP contribution is -2.13. The predicted octanol–water partition coefficient (Wildman–Crippen LogP) is 2.48. The minimum absolute atomic E-state index is 0.318. The van der Waals surface area contributed by atoms with E-state index in [1.54, 1.807) is 18.2 Å². The second-order valence-corrected chi connectivity index (χ2v) is 3.74. The van der Waals surface area contributed by atoms with Crippen molar-refractivity contribution < 1.29 is 9.53 Å². The Morgan fingerprint density at radius 2 is 2.06 bits per heavy atom. The van der Waals surface area contributed by atoms with E-state index in [1.807, 2.05) is 13.0 Å². The molecule has 0 fully saturated rings. The topological polar surface area (TPSA) is 51.0 Å². The second-order valence-electron chi connectivity index (χ2n) is 3.74. The summed E-state index contributed by atoms with van der Waals surface area (Å²) in [6.07, 6.45) is 8.11. The minimum Gasteiger partial charge on any atom is -0.431 e. The van der Waals surface area contributed by atoms with Gasteiger partial charge in [0.25, 0.3) is 0 Å². The SMILES string of the molecule is C=COC(=O)/C(C1=NC(=C)C=C1)=C1\C=CC(C)=N1. The molecule has 0 unspecified atom stereocenters. The number of nitrogens with zero attached hydrogens (tertiary/aromatic N) is 2. The standard InChI is InChI=1S/C14H12N2O2/c1-4-18-14(17)13(11-7-5-9(2)15-11)12-8-6-10(3)16-12/h4-8H,1-2H2,3H3/b13-12+. The van der Waals surface area contributed by atoms with Gasteiger partial charge in [-0.2, -0.15) is 0 Å². The first-order valence-corrected chi connectivity index (χ1v) is 5.37. The zero-order chi connectivity index (χ0) is 13.1. The fourth-order valence-electron chi connectivity index (χ4n) is 1.62. The molecule has 2 aliphatic heterocycles. The highest BCUT2D eigenvalue weighted by atomic mass is 16.5. The predicted molar refractivity (Wildman–Crippen MR) is 71.3 cm³/mol. The summed E-state index contributed by atoms with van der Waals surface area (Å²) < 4.78 is 4.82. The molecule has 4 nitrogen and oxygen atoms in total. The number of carbonyl (C=O) groups is 1. The third-order valence-corrected chi connectivity index (χ3v) is 2.38. The molecule has 0 saturated heterocycles. The van der Waals surface area contributed by atoms with Crippen LogP contribution in [0, 0.1) is 0 Å². The van der Waals surface area contributed by atoms with Gasteiger partial charge in [0.05, 0.1) is 23.4 Å². The van der Waals surface area contributed by atoms with Gasteiger partial charge in [-0.3, -0.25) is 4.99 Å². The zero-order valence-electron chi connectivity index (χ0n) is 10.0. The van der Waals surface area contributed by atoms with Gasteiger partial charge in [-0.05, 0) is 31.2 Å². The van der Waals surface area contributed by atoms with Gasteiger partial charge in [0.2, 0.25) is 0 Å². The molecule has 0 spiro atoms. The molecular formula is C14H12N2O2.